The first-order chi connectivity index (χ1) is 13.5. The smallest absolute Gasteiger partial charge is 0.321 e. The zero-order valence-corrected chi connectivity index (χ0v) is 15.1. The Morgan fingerprint density at radius 1 is 1.18 bits per heavy atom. The molecule has 3 amide bonds. The van der Waals surface area contributed by atoms with Crippen molar-refractivity contribution in [1.82, 2.24) is 29.8 Å². The summed E-state index contributed by atoms with van der Waals surface area (Å²) in [6.07, 6.45) is 6.26. The van der Waals surface area contributed by atoms with Gasteiger partial charge in [-0.3, -0.25) is 14.9 Å². The van der Waals surface area contributed by atoms with Crippen molar-refractivity contribution >= 4 is 17.6 Å². The van der Waals surface area contributed by atoms with E-state index in [0.29, 0.717) is 11.6 Å². The average Bonchev–Trinajstić information content (AvgIpc) is 3.31. The molecular weight excluding hydrogens is 360 g/mol. The molecule has 2 N–H and O–H groups in total. The predicted octanol–water partition coefficient (Wildman–Crippen LogP) is 0.622. The number of nitrogens with one attached hydrogen (secondary N) is 2. The van der Waals surface area contributed by atoms with Gasteiger partial charge in [0.25, 0.3) is 0 Å². The number of nitrogens with zero attached hydrogens (tertiary/aromatic N) is 4. The minimum atomic E-state index is -0.544. The summed E-state index contributed by atoms with van der Waals surface area (Å²) in [6, 6.07) is 4.91. The fourth-order valence-corrected chi connectivity index (χ4v) is 3.92. The van der Waals surface area contributed by atoms with Crippen LogP contribution in [0.3, 0.4) is 0 Å². The predicted molar refractivity (Wildman–Crippen MR) is 99.1 cm³/mol. The maximum atomic E-state index is 12.3. The summed E-state index contributed by atoms with van der Waals surface area (Å²) in [5.74, 6) is -0.363. The Hall–Kier alpha value is -3.49. The highest BCUT2D eigenvalue weighted by Gasteiger charge is 2.42. The van der Waals surface area contributed by atoms with Crippen molar-refractivity contribution in [3.05, 3.63) is 64.0 Å². The van der Waals surface area contributed by atoms with E-state index in [-0.39, 0.29) is 23.9 Å². The van der Waals surface area contributed by atoms with Gasteiger partial charge in [0.15, 0.2) is 5.65 Å². The zero-order chi connectivity index (χ0) is 19.4. The third-order valence-corrected chi connectivity index (χ3v) is 5.51. The summed E-state index contributed by atoms with van der Waals surface area (Å²) in [4.78, 5) is 39.7. The van der Waals surface area contributed by atoms with Crippen LogP contribution in [-0.2, 0) is 11.8 Å². The van der Waals surface area contributed by atoms with Crippen molar-refractivity contribution in [2.45, 2.75) is 24.2 Å². The lowest BCUT2D eigenvalue weighted by Gasteiger charge is -2.22. The Kier molecular flexibility index (Phi) is 3.58. The first-order valence-electron chi connectivity index (χ1n) is 9.10. The maximum absolute atomic E-state index is 12.3. The van der Waals surface area contributed by atoms with E-state index in [9.17, 15) is 14.4 Å². The summed E-state index contributed by atoms with van der Waals surface area (Å²) in [7, 11) is 1.75. The molecule has 5 rings (SSSR count). The van der Waals surface area contributed by atoms with Crippen LogP contribution in [0.1, 0.15) is 41.0 Å². The Labute approximate surface area is 159 Å². The molecule has 1 saturated carbocycles. The molecule has 3 aromatic rings. The van der Waals surface area contributed by atoms with Crippen molar-refractivity contribution in [2.75, 3.05) is 6.54 Å². The topological polar surface area (TPSA) is 110 Å². The fraction of sp³-hybridized carbons (Fsp3) is 0.316. The second-order valence-corrected chi connectivity index (χ2v) is 7.33. The standard InChI is InChI=1S/C19H18N6O3/c1-24-9-10(2-3-16(24)26)11-6-12(11)13-7-15(23-25-5-4-20-17(13)25)14-8-21-19(28)22-18(14)27/h2-5,7,9,11-12,14H,6,8H2,1H3,(H2,21,22,27,28)/t11-,12+,14?/m1/s1. The summed E-state index contributed by atoms with van der Waals surface area (Å²) < 4.78 is 3.27. The number of pyridine rings is 1. The van der Waals surface area contributed by atoms with Crippen LogP contribution >= 0.6 is 0 Å². The van der Waals surface area contributed by atoms with Gasteiger partial charge in [-0.25, -0.2) is 14.3 Å². The van der Waals surface area contributed by atoms with Gasteiger partial charge in [-0.05, 0) is 29.9 Å². The molecule has 1 aliphatic heterocycles. The molecule has 1 saturated heterocycles. The van der Waals surface area contributed by atoms with Crippen molar-refractivity contribution in [3.63, 3.8) is 0 Å². The number of aryl methyl sites for hydroxylation is 1. The number of fused-ring (bicyclic) bond motifs is 1. The monoisotopic (exact) mass is 378 g/mol. The number of carbonyl (C=O) groups excluding carboxylic acids is 2. The van der Waals surface area contributed by atoms with Crippen molar-refractivity contribution < 1.29 is 9.59 Å². The first-order valence-corrected chi connectivity index (χ1v) is 9.10. The highest BCUT2D eigenvalue weighted by atomic mass is 16.2. The third kappa shape index (κ3) is 2.67. The molecular formula is C19H18N6O3. The number of aromatic nitrogens is 4. The van der Waals surface area contributed by atoms with Gasteiger partial charge in [0.2, 0.25) is 11.5 Å². The largest absolute Gasteiger partial charge is 0.337 e. The SMILES string of the molecule is Cn1cc([C@H]2C[C@@H]2c2cc(C3CNC(=O)NC3=O)nn3ccnc23)ccc1=O. The Morgan fingerprint density at radius 3 is 2.82 bits per heavy atom. The van der Waals surface area contributed by atoms with Gasteiger partial charge in [0.1, 0.15) is 0 Å². The molecule has 0 radical (unpaired) electrons. The van der Waals surface area contributed by atoms with Crippen LogP contribution in [0.2, 0.25) is 0 Å². The Bertz CT molecular complexity index is 1180. The van der Waals surface area contributed by atoms with Crippen LogP contribution in [0.5, 0.6) is 0 Å². The van der Waals surface area contributed by atoms with Crippen molar-refractivity contribution in [3.8, 4) is 0 Å². The van der Waals surface area contributed by atoms with Crippen LogP contribution in [-0.4, -0.2) is 37.6 Å². The average molecular weight is 378 g/mol. The van der Waals surface area contributed by atoms with Gasteiger partial charge in [-0.15, -0.1) is 0 Å². The van der Waals surface area contributed by atoms with Crippen molar-refractivity contribution in [2.24, 2.45) is 7.05 Å². The van der Waals surface area contributed by atoms with Crippen LogP contribution in [0.4, 0.5) is 4.79 Å². The molecule has 4 heterocycles. The molecule has 9 nitrogen and oxygen atoms in total. The van der Waals surface area contributed by atoms with Gasteiger partial charge in [-0.1, -0.05) is 6.07 Å². The molecule has 1 aliphatic carbocycles. The molecule has 142 valence electrons. The second kappa shape index (κ2) is 6.01. The lowest BCUT2D eigenvalue weighted by Crippen LogP contribution is -2.51. The van der Waals surface area contributed by atoms with E-state index in [1.807, 2.05) is 18.3 Å². The van der Waals surface area contributed by atoms with E-state index in [0.717, 1.165) is 23.2 Å². The van der Waals surface area contributed by atoms with E-state index in [1.165, 1.54) is 0 Å². The number of urea groups is 1. The molecule has 2 aliphatic rings. The molecule has 28 heavy (non-hydrogen) atoms. The lowest BCUT2D eigenvalue weighted by atomic mass is 9.99. The Balaban J connectivity index is 1.52. The number of hydrogen-bond donors (Lipinski definition) is 2. The van der Waals surface area contributed by atoms with E-state index in [2.05, 4.69) is 20.7 Å². The third-order valence-electron chi connectivity index (χ3n) is 5.51. The lowest BCUT2D eigenvalue weighted by molar-refractivity contribution is -0.122. The number of imide groups is 1. The highest BCUT2D eigenvalue weighted by Crippen LogP contribution is 2.55. The molecule has 0 aromatic carbocycles. The minimum Gasteiger partial charge on any atom is -0.337 e. The number of imidazole rings is 1. The molecule has 3 atom stereocenters. The quantitative estimate of drug-likeness (QED) is 0.694. The van der Waals surface area contributed by atoms with Gasteiger partial charge < -0.3 is 9.88 Å². The minimum absolute atomic E-state index is 0.0341. The van der Waals surface area contributed by atoms with E-state index in [1.54, 1.807) is 34.6 Å². The zero-order valence-electron chi connectivity index (χ0n) is 15.1. The van der Waals surface area contributed by atoms with Gasteiger partial charge >= 0.3 is 6.03 Å². The summed E-state index contributed by atoms with van der Waals surface area (Å²) in [5, 5.41) is 9.46. The molecule has 9 heteroatoms. The van der Waals surface area contributed by atoms with E-state index < -0.39 is 11.9 Å². The van der Waals surface area contributed by atoms with Crippen molar-refractivity contribution in [1.29, 1.82) is 0 Å². The molecule has 3 aromatic heterocycles. The normalized spacial score (nSPS) is 24.1. The molecule has 0 spiro atoms. The molecule has 2 fully saturated rings. The Morgan fingerprint density at radius 2 is 2.04 bits per heavy atom. The summed E-state index contributed by atoms with van der Waals surface area (Å²) in [5.41, 5.74) is 3.47. The van der Waals surface area contributed by atoms with Crippen LogP contribution in [0, 0.1) is 0 Å². The molecule has 0 bridgehead atoms. The molecule has 1 unspecified atom stereocenters. The van der Waals surface area contributed by atoms with Crippen LogP contribution in [0.25, 0.3) is 5.65 Å². The fourth-order valence-electron chi connectivity index (χ4n) is 3.92. The van der Waals surface area contributed by atoms with Gasteiger partial charge in [0, 0.05) is 43.8 Å². The maximum Gasteiger partial charge on any atom is 0.321 e. The second-order valence-electron chi connectivity index (χ2n) is 7.33. The summed E-state index contributed by atoms with van der Waals surface area (Å²) in [6.45, 7) is 0.214. The number of rotatable bonds is 3. The van der Waals surface area contributed by atoms with E-state index >= 15 is 0 Å². The van der Waals surface area contributed by atoms with Crippen LogP contribution in [0.15, 0.2) is 41.6 Å². The highest BCUT2D eigenvalue weighted by molar-refractivity contribution is 6.00. The van der Waals surface area contributed by atoms with Crippen LogP contribution < -0.4 is 16.2 Å². The number of amides is 3. The van der Waals surface area contributed by atoms with E-state index in [4.69, 9.17) is 0 Å². The van der Waals surface area contributed by atoms with Gasteiger partial charge in [0.05, 0.1) is 11.6 Å². The first kappa shape index (κ1) is 16.7. The number of hydrogen-bond acceptors (Lipinski definition) is 5. The summed E-state index contributed by atoms with van der Waals surface area (Å²) >= 11 is 0. The van der Waals surface area contributed by atoms with Gasteiger partial charge in [-0.2, -0.15) is 5.10 Å². The number of carbonyl (C=O) groups is 2.